The van der Waals surface area contributed by atoms with Gasteiger partial charge in [-0.1, -0.05) is 6.07 Å². The van der Waals surface area contributed by atoms with Gasteiger partial charge in [-0.15, -0.1) is 0 Å². The molecule has 0 aliphatic carbocycles. The third kappa shape index (κ3) is 9.79. The van der Waals surface area contributed by atoms with Crippen molar-refractivity contribution >= 4 is 29.6 Å². The van der Waals surface area contributed by atoms with Crippen LogP contribution < -0.4 is 15.8 Å². The van der Waals surface area contributed by atoms with Gasteiger partial charge in [0.25, 0.3) is 5.91 Å². The number of nitrogens with zero attached hydrogens (tertiary/aromatic N) is 5. The Hall–Kier alpha value is -3.91. The Balaban J connectivity index is 1.27. The van der Waals surface area contributed by atoms with Crippen molar-refractivity contribution < 1.29 is 32.2 Å². The van der Waals surface area contributed by atoms with E-state index in [0.717, 1.165) is 64.2 Å². The lowest BCUT2D eigenvalue weighted by molar-refractivity contribution is -0.141. The summed E-state index contributed by atoms with van der Waals surface area (Å²) in [4.78, 5) is 39.8. The molecular formula is C31H42F3N7O4. The normalized spacial score (nSPS) is 17.4. The van der Waals surface area contributed by atoms with Crippen molar-refractivity contribution in [3.05, 3.63) is 47.3 Å². The lowest BCUT2D eigenvalue weighted by Crippen LogP contribution is -2.51. The van der Waals surface area contributed by atoms with Gasteiger partial charge in [0.05, 0.1) is 18.8 Å². The van der Waals surface area contributed by atoms with E-state index in [1.165, 1.54) is 19.2 Å². The molecule has 2 aliphatic rings. The third-order valence-electron chi connectivity index (χ3n) is 7.66. The molecule has 0 spiro atoms. The first-order chi connectivity index (χ1) is 21.2. The summed E-state index contributed by atoms with van der Waals surface area (Å²) in [6.45, 7) is 12.3. The van der Waals surface area contributed by atoms with Crippen molar-refractivity contribution in [2.75, 3.05) is 70.5 Å². The van der Waals surface area contributed by atoms with Crippen molar-refractivity contribution in [1.29, 1.82) is 0 Å². The fourth-order valence-corrected chi connectivity index (χ4v) is 5.14. The summed E-state index contributed by atoms with van der Waals surface area (Å²) in [5, 5.41) is 2.58. The molecule has 0 unspecified atom stereocenters. The summed E-state index contributed by atoms with van der Waals surface area (Å²) in [5.74, 6) is -0.561. The standard InChI is InChI=1S/C31H42F3N7O4/c1-30(2,3)45-29(43)41-16-14-40(15-17-41)13-12-39-10-8-22(9-11-39)36-20-21-18-25(26(44-4)19-23(21)35)38-28(42)24-6-5-7-27(37-24)31(32,33)34/h5-7,18-20,22H,8-17,35H2,1-4H3,(H,38,42). The predicted octanol–water partition coefficient (Wildman–Crippen LogP) is 4.38. The average Bonchev–Trinajstić information content (AvgIpc) is 2.99. The zero-order valence-electron chi connectivity index (χ0n) is 26.2. The Morgan fingerprint density at radius 2 is 1.69 bits per heavy atom. The van der Waals surface area contributed by atoms with Crippen LogP contribution in [-0.2, 0) is 10.9 Å². The number of piperidine rings is 1. The molecule has 0 saturated carbocycles. The number of anilines is 2. The van der Waals surface area contributed by atoms with Crippen LogP contribution in [0.3, 0.4) is 0 Å². The Morgan fingerprint density at radius 1 is 1.04 bits per heavy atom. The highest BCUT2D eigenvalue weighted by atomic mass is 19.4. The number of likely N-dealkylation sites (tertiary alicyclic amines) is 1. The quantitative estimate of drug-likeness (QED) is 0.324. The Kier molecular flexibility index (Phi) is 10.9. The monoisotopic (exact) mass is 633 g/mol. The van der Waals surface area contributed by atoms with Gasteiger partial charge in [0.1, 0.15) is 22.7 Å². The Morgan fingerprint density at radius 3 is 2.29 bits per heavy atom. The van der Waals surface area contributed by atoms with E-state index >= 15 is 0 Å². The second-order valence-corrected chi connectivity index (χ2v) is 12.2. The molecule has 0 bridgehead atoms. The summed E-state index contributed by atoms with van der Waals surface area (Å²) in [7, 11) is 1.40. The van der Waals surface area contributed by atoms with Gasteiger partial charge in [0.2, 0.25) is 0 Å². The van der Waals surface area contributed by atoms with Crippen LogP contribution >= 0.6 is 0 Å². The molecule has 3 N–H and O–H groups in total. The topological polar surface area (TPSA) is 126 Å². The molecular weight excluding hydrogens is 591 g/mol. The molecule has 1 aromatic heterocycles. The number of carbonyl (C=O) groups excluding carboxylic acids is 2. The largest absolute Gasteiger partial charge is 0.494 e. The minimum absolute atomic E-state index is 0.104. The second kappa shape index (κ2) is 14.5. The number of methoxy groups -OCH3 is 1. The van der Waals surface area contributed by atoms with E-state index in [1.54, 1.807) is 17.2 Å². The first-order valence-electron chi connectivity index (χ1n) is 15.0. The fourth-order valence-electron chi connectivity index (χ4n) is 5.14. The van der Waals surface area contributed by atoms with E-state index in [2.05, 4.69) is 20.1 Å². The van der Waals surface area contributed by atoms with Crippen LogP contribution in [0.1, 0.15) is 55.4 Å². The summed E-state index contributed by atoms with van der Waals surface area (Å²) >= 11 is 0. The van der Waals surface area contributed by atoms with Crippen molar-refractivity contribution in [3.63, 3.8) is 0 Å². The Labute approximate surface area is 261 Å². The number of hydrogen-bond donors (Lipinski definition) is 2. The van der Waals surface area contributed by atoms with Gasteiger partial charge >= 0.3 is 12.3 Å². The number of carbonyl (C=O) groups is 2. The number of halogens is 3. The molecule has 14 heteroatoms. The number of ether oxygens (including phenoxy) is 2. The number of nitrogen functional groups attached to an aromatic ring is 1. The summed E-state index contributed by atoms with van der Waals surface area (Å²) in [6.07, 6.45) is -1.50. The number of aliphatic imine (C=N–C) groups is 1. The molecule has 246 valence electrons. The maximum Gasteiger partial charge on any atom is 0.433 e. The number of nitrogens with two attached hydrogens (primary N) is 1. The number of nitrogens with one attached hydrogen (secondary N) is 1. The molecule has 1 aromatic carbocycles. The molecule has 3 heterocycles. The average molecular weight is 634 g/mol. The van der Waals surface area contributed by atoms with Crippen LogP contribution in [0.4, 0.5) is 29.3 Å². The molecule has 11 nitrogen and oxygen atoms in total. The number of alkyl halides is 3. The zero-order chi connectivity index (χ0) is 32.8. The first kappa shape index (κ1) is 34.0. The van der Waals surface area contributed by atoms with E-state index in [4.69, 9.17) is 20.2 Å². The van der Waals surface area contributed by atoms with E-state index < -0.39 is 23.4 Å². The smallest absolute Gasteiger partial charge is 0.433 e. The molecule has 0 atom stereocenters. The summed E-state index contributed by atoms with van der Waals surface area (Å²) < 4.78 is 50.0. The van der Waals surface area contributed by atoms with Crippen LogP contribution in [-0.4, -0.2) is 109 Å². The first-order valence-corrected chi connectivity index (χ1v) is 15.0. The van der Waals surface area contributed by atoms with E-state index in [9.17, 15) is 22.8 Å². The van der Waals surface area contributed by atoms with Gasteiger partial charge in [0.15, 0.2) is 0 Å². The van der Waals surface area contributed by atoms with E-state index in [-0.39, 0.29) is 29.3 Å². The zero-order valence-corrected chi connectivity index (χ0v) is 26.2. The van der Waals surface area contributed by atoms with Gasteiger partial charge in [-0.2, -0.15) is 13.2 Å². The van der Waals surface area contributed by atoms with E-state index in [0.29, 0.717) is 24.3 Å². The summed E-state index contributed by atoms with van der Waals surface area (Å²) in [6, 6.07) is 6.36. The molecule has 2 saturated heterocycles. The highest BCUT2D eigenvalue weighted by molar-refractivity contribution is 6.04. The Bertz CT molecular complexity index is 1360. The molecule has 2 aliphatic heterocycles. The van der Waals surface area contributed by atoms with Gasteiger partial charge in [0, 0.05) is 75.9 Å². The van der Waals surface area contributed by atoms with Crippen LogP contribution in [0.15, 0.2) is 35.3 Å². The predicted molar refractivity (Wildman–Crippen MR) is 166 cm³/mol. The fraction of sp³-hybridized carbons (Fsp3) is 0.548. The minimum atomic E-state index is -4.67. The number of pyridine rings is 1. The number of hydrogen-bond acceptors (Lipinski definition) is 9. The van der Waals surface area contributed by atoms with Gasteiger partial charge in [-0.3, -0.25) is 14.7 Å². The molecule has 0 radical (unpaired) electrons. The lowest BCUT2D eigenvalue weighted by Gasteiger charge is -2.37. The van der Waals surface area contributed by atoms with Crippen LogP contribution in [0, 0.1) is 0 Å². The van der Waals surface area contributed by atoms with Crippen molar-refractivity contribution in [1.82, 2.24) is 19.7 Å². The maximum absolute atomic E-state index is 13.1. The van der Waals surface area contributed by atoms with Gasteiger partial charge in [-0.25, -0.2) is 9.78 Å². The lowest BCUT2D eigenvalue weighted by atomic mass is 10.1. The van der Waals surface area contributed by atoms with Crippen molar-refractivity contribution in [2.45, 2.75) is 51.4 Å². The number of amides is 2. The van der Waals surface area contributed by atoms with Crippen LogP contribution in [0.2, 0.25) is 0 Å². The molecule has 2 fully saturated rings. The number of aromatic nitrogens is 1. The van der Waals surface area contributed by atoms with Crippen LogP contribution in [0.5, 0.6) is 5.75 Å². The van der Waals surface area contributed by atoms with E-state index in [1.807, 2.05) is 20.8 Å². The van der Waals surface area contributed by atoms with Crippen LogP contribution in [0.25, 0.3) is 0 Å². The van der Waals surface area contributed by atoms with Gasteiger partial charge < -0.3 is 30.3 Å². The minimum Gasteiger partial charge on any atom is -0.494 e. The second-order valence-electron chi connectivity index (χ2n) is 12.2. The molecule has 45 heavy (non-hydrogen) atoms. The maximum atomic E-state index is 13.1. The number of piperazine rings is 1. The summed E-state index contributed by atoms with van der Waals surface area (Å²) in [5.41, 5.74) is 5.35. The molecule has 4 rings (SSSR count). The third-order valence-corrected chi connectivity index (χ3v) is 7.66. The SMILES string of the molecule is COc1cc(N)c(C=NC2CCN(CCN3CCN(C(=O)OC(C)(C)C)CC3)CC2)cc1NC(=O)c1cccc(C(F)(F)F)n1. The highest BCUT2D eigenvalue weighted by Gasteiger charge is 2.33. The van der Waals surface area contributed by atoms with Crippen molar-refractivity contribution in [2.24, 2.45) is 4.99 Å². The number of rotatable bonds is 8. The highest BCUT2D eigenvalue weighted by Crippen LogP contribution is 2.31. The van der Waals surface area contributed by atoms with Crippen molar-refractivity contribution in [3.8, 4) is 5.75 Å². The molecule has 2 aromatic rings. The number of benzene rings is 1. The molecule has 2 amide bonds. The van der Waals surface area contributed by atoms with Gasteiger partial charge in [-0.05, 0) is 51.8 Å².